The number of carbonyl (C=O) groups is 1. The number of hydrogen-bond acceptors (Lipinski definition) is 2. The molecule has 16 heavy (non-hydrogen) atoms. The lowest BCUT2D eigenvalue weighted by molar-refractivity contribution is 0.240. The summed E-state index contributed by atoms with van der Waals surface area (Å²) in [4.78, 5) is 11.3. The number of nitrogens with one attached hydrogen (secondary N) is 2. The Hall–Kier alpha value is -1.71. The van der Waals surface area contributed by atoms with Gasteiger partial charge in [0.05, 0.1) is 7.11 Å². The van der Waals surface area contributed by atoms with E-state index in [1.54, 1.807) is 7.11 Å². The molecule has 0 aliphatic heterocycles. The van der Waals surface area contributed by atoms with Crippen molar-refractivity contribution in [3.05, 3.63) is 29.8 Å². The van der Waals surface area contributed by atoms with Gasteiger partial charge < -0.3 is 15.4 Å². The van der Waals surface area contributed by atoms with E-state index in [-0.39, 0.29) is 6.03 Å². The van der Waals surface area contributed by atoms with Crippen LogP contribution in [0.25, 0.3) is 0 Å². The number of carbonyl (C=O) groups excluding carboxylic acids is 1. The van der Waals surface area contributed by atoms with Gasteiger partial charge in [0.1, 0.15) is 5.75 Å². The van der Waals surface area contributed by atoms with Gasteiger partial charge in [0.25, 0.3) is 0 Å². The van der Waals surface area contributed by atoms with Crippen molar-refractivity contribution in [1.29, 1.82) is 0 Å². The first-order chi connectivity index (χ1) is 7.78. The van der Waals surface area contributed by atoms with E-state index in [1.807, 2.05) is 24.3 Å². The van der Waals surface area contributed by atoms with Gasteiger partial charge in [-0.1, -0.05) is 12.1 Å². The van der Waals surface area contributed by atoms with Gasteiger partial charge in [-0.15, -0.1) is 0 Å². The molecule has 86 valence electrons. The third-order valence-corrected chi connectivity index (χ3v) is 2.52. The third kappa shape index (κ3) is 3.15. The second-order valence-corrected chi connectivity index (χ2v) is 3.95. The van der Waals surface area contributed by atoms with Gasteiger partial charge in [-0.25, -0.2) is 4.79 Å². The van der Waals surface area contributed by atoms with Gasteiger partial charge in [-0.2, -0.15) is 0 Å². The van der Waals surface area contributed by atoms with Crippen LogP contribution in [0.2, 0.25) is 0 Å². The summed E-state index contributed by atoms with van der Waals surface area (Å²) >= 11 is 0. The summed E-state index contributed by atoms with van der Waals surface area (Å²) in [6, 6.07) is 7.96. The molecule has 1 aliphatic rings. The topological polar surface area (TPSA) is 50.4 Å². The summed E-state index contributed by atoms with van der Waals surface area (Å²) in [7, 11) is 1.64. The van der Waals surface area contributed by atoms with Crippen LogP contribution in [-0.4, -0.2) is 19.2 Å². The Morgan fingerprint density at radius 2 is 2.06 bits per heavy atom. The molecule has 0 unspecified atom stereocenters. The summed E-state index contributed by atoms with van der Waals surface area (Å²) in [5.41, 5.74) is 1.06. The summed E-state index contributed by atoms with van der Waals surface area (Å²) in [5.74, 6) is 0.825. The number of hydrogen-bond donors (Lipinski definition) is 2. The number of ether oxygens (including phenoxy) is 1. The minimum atomic E-state index is -0.0849. The molecule has 0 saturated heterocycles. The Morgan fingerprint density at radius 3 is 2.62 bits per heavy atom. The van der Waals surface area contributed by atoms with E-state index in [2.05, 4.69) is 10.6 Å². The molecule has 0 spiro atoms. The zero-order chi connectivity index (χ0) is 11.4. The van der Waals surface area contributed by atoms with Crippen LogP contribution >= 0.6 is 0 Å². The molecule has 0 heterocycles. The minimum absolute atomic E-state index is 0.0849. The highest BCUT2D eigenvalue weighted by molar-refractivity contribution is 5.74. The Bertz CT molecular complexity index is 358. The molecule has 4 nitrogen and oxygen atoms in total. The number of benzene rings is 1. The lowest BCUT2D eigenvalue weighted by atomic mass is 10.2. The SMILES string of the molecule is COc1ccc(CNC(=O)NC2CC2)cc1. The Kier molecular flexibility index (Phi) is 3.29. The fourth-order valence-corrected chi connectivity index (χ4v) is 1.39. The van der Waals surface area contributed by atoms with Crippen LogP contribution in [0.4, 0.5) is 4.79 Å². The molecule has 1 aromatic carbocycles. The van der Waals surface area contributed by atoms with Crippen LogP contribution in [0.1, 0.15) is 18.4 Å². The molecule has 0 radical (unpaired) electrons. The van der Waals surface area contributed by atoms with E-state index in [0.717, 1.165) is 24.2 Å². The standard InChI is InChI=1S/C12H16N2O2/c1-16-11-6-2-9(3-7-11)8-13-12(15)14-10-4-5-10/h2-3,6-7,10H,4-5,8H2,1H3,(H2,13,14,15). The summed E-state index contributed by atoms with van der Waals surface area (Å²) < 4.78 is 5.06. The molecule has 1 fully saturated rings. The number of amides is 2. The molecule has 0 aromatic heterocycles. The zero-order valence-corrected chi connectivity index (χ0v) is 9.32. The van der Waals surface area contributed by atoms with Crippen molar-refractivity contribution in [2.24, 2.45) is 0 Å². The molecule has 4 heteroatoms. The molecule has 0 atom stereocenters. The van der Waals surface area contributed by atoms with Gasteiger partial charge in [0.2, 0.25) is 0 Å². The number of methoxy groups -OCH3 is 1. The second-order valence-electron chi connectivity index (χ2n) is 3.95. The first kappa shape index (κ1) is 10.8. The normalized spacial score (nSPS) is 14.3. The van der Waals surface area contributed by atoms with Gasteiger partial charge in [-0.3, -0.25) is 0 Å². The molecule has 2 amide bonds. The molecule has 0 bridgehead atoms. The van der Waals surface area contributed by atoms with E-state index in [1.165, 1.54) is 0 Å². The van der Waals surface area contributed by atoms with E-state index in [4.69, 9.17) is 4.74 Å². The predicted octanol–water partition coefficient (Wildman–Crippen LogP) is 1.66. The van der Waals surface area contributed by atoms with Gasteiger partial charge in [-0.05, 0) is 30.5 Å². The van der Waals surface area contributed by atoms with Crippen molar-refractivity contribution in [3.63, 3.8) is 0 Å². The zero-order valence-electron chi connectivity index (χ0n) is 9.32. The Labute approximate surface area is 95.0 Å². The van der Waals surface area contributed by atoms with Gasteiger partial charge in [0.15, 0.2) is 0 Å². The van der Waals surface area contributed by atoms with Crippen LogP contribution in [0.5, 0.6) is 5.75 Å². The number of rotatable bonds is 4. The van der Waals surface area contributed by atoms with E-state index in [9.17, 15) is 4.79 Å². The monoisotopic (exact) mass is 220 g/mol. The maximum atomic E-state index is 11.3. The largest absolute Gasteiger partial charge is 0.497 e. The van der Waals surface area contributed by atoms with Crippen molar-refractivity contribution < 1.29 is 9.53 Å². The molecule has 1 aliphatic carbocycles. The van der Waals surface area contributed by atoms with Crippen LogP contribution in [0.3, 0.4) is 0 Å². The Balaban J connectivity index is 1.76. The van der Waals surface area contributed by atoms with Crippen LogP contribution < -0.4 is 15.4 Å². The third-order valence-electron chi connectivity index (χ3n) is 2.52. The molecular weight excluding hydrogens is 204 g/mol. The summed E-state index contributed by atoms with van der Waals surface area (Å²) in [6.45, 7) is 0.544. The smallest absolute Gasteiger partial charge is 0.315 e. The average Bonchev–Trinajstić information content (AvgIpc) is 3.11. The van der Waals surface area contributed by atoms with Crippen molar-refractivity contribution in [2.75, 3.05) is 7.11 Å². The molecule has 2 N–H and O–H groups in total. The van der Waals surface area contributed by atoms with Crippen molar-refractivity contribution >= 4 is 6.03 Å². The van der Waals surface area contributed by atoms with Crippen molar-refractivity contribution in [3.8, 4) is 5.75 Å². The summed E-state index contributed by atoms with van der Waals surface area (Å²) in [5, 5.41) is 5.69. The lowest BCUT2D eigenvalue weighted by Gasteiger charge is -2.07. The highest BCUT2D eigenvalue weighted by Crippen LogP contribution is 2.18. The highest BCUT2D eigenvalue weighted by Gasteiger charge is 2.22. The van der Waals surface area contributed by atoms with E-state index < -0.39 is 0 Å². The Morgan fingerprint density at radius 1 is 1.38 bits per heavy atom. The fraction of sp³-hybridized carbons (Fsp3) is 0.417. The lowest BCUT2D eigenvalue weighted by Crippen LogP contribution is -2.36. The van der Waals surface area contributed by atoms with Crippen molar-refractivity contribution in [2.45, 2.75) is 25.4 Å². The van der Waals surface area contributed by atoms with E-state index in [0.29, 0.717) is 12.6 Å². The van der Waals surface area contributed by atoms with Gasteiger partial charge in [0, 0.05) is 12.6 Å². The van der Waals surface area contributed by atoms with Crippen molar-refractivity contribution in [1.82, 2.24) is 10.6 Å². The first-order valence-corrected chi connectivity index (χ1v) is 5.45. The highest BCUT2D eigenvalue weighted by atomic mass is 16.5. The average molecular weight is 220 g/mol. The maximum absolute atomic E-state index is 11.3. The quantitative estimate of drug-likeness (QED) is 0.810. The maximum Gasteiger partial charge on any atom is 0.315 e. The second kappa shape index (κ2) is 4.88. The van der Waals surface area contributed by atoms with E-state index >= 15 is 0 Å². The number of urea groups is 1. The first-order valence-electron chi connectivity index (χ1n) is 5.45. The summed E-state index contributed by atoms with van der Waals surface area (Å²) in [6.07, 6.45) is 2.21. The predicted molar refractivity (Wildman–Crippen MR) is 61.4 cm³/mol. The minimum Gasteiger partial charge on any atom is -0.497 e. The van der Waals surface area contributed by atoms with Crippen LogP contribution in [0, 0.1) is 0 Å². The molecular formula is C12H16N2O2. The van der Waals surface area contributed by atoms with Crippen LogP contribution in [-0.2, 0) is 6.54 Å². The molecule has 1 saturated carbocycles. The van der Waals surface area contributed by atoms with Crippen LogP contribution in [0.15, 0.2) is 24.3 Å². The fourth-order valence-electron chi connectivity index (χ4n) is 1.39. The molecule has 2 rings (SSSR count). The molecule has 1 aromatic rings. The van der Waals surface area contributed by atoms with Gasteiger partial charge >= 0.3 is 6.03 Å².